The van der Waals surface area contributed by atoms with Gasteiger partial charge < -0.3 is 0 Å². The number of halogens is 1. The molecule has 9 heteroatoms. The fourth-order valence-electron chi connectivity index (χ4n) is 1.34. The van der Waals surface area contributed by atoms with Gasteiger partial charge in [-0.15, -0.1) is 0 Å². The lowest BCUT2D eigenvalue weighted by molar-refractivity contribution is 0.581. The Labute approximate surface area is 123 Å². The number of rotatable bonds is 6. The third kappa shape index (κ3) is 4.45. The Balaban J connectivity index is 2.88. The Morgan fingerprint density at radius 3 is 2.45 bits per heavy atom. The molecule has 0 radical (unpaired) electrons. The molecule has 1 aromatic rings. The zero-order valence-corrected chi connectivity index (χ0v) is 13.0. The molecule has 1 rings (SSSR count). The molecule has 0 amide bonds. The Hall–Kier alpha value is -1.14. The van der Waals surface area contributed by atoms with Gasteiger partial charge in [0.05, 0.1) is 22.4 Å². The van der Waals surface area contributed by atoms with Crippen LogP contribution in [-0.4, -0.2) is 34.9 Å². The van der Waals surface area contributed by atoms with E-state index < -0.39 is 19.9 Å². The largest absolute Gasteiger partial charge is 0.242 e. The molecule has 0 spiro atoms. The molecule has 110 valence electrons. The van der Waals surface area contributed by atoms with Crippen LogP contribution < -0.4 is 4.72 Å². The Bertz CT molecular complexity index is 736. The number of benzene rings is 1. The van der Waals surface area contributed by atoms with E-state index in [4.69, 9.17) is 16.9 Å². The third-order valence-corrected chi connectivity index (χ3v) is 6.15. The molecule has 0 bridgehead atoms. The molecule has 0 aliphatic carbocycles. The topological polar surface area (TPSA) is 104 Å². The molecule has 0 fully saturated rings. The average Bonchev–Trinajstić information content (AvgIpc) is 2.37. The number of hydrogen-bond donors (Lipinski definition) is 1. The van der Waals surface area contributed by atoms with Gasteiger partial charge in [0.1, 0.15) is 4.90 Å². The minimum Gasteiger partial charge on any atom is -0.229 e. The van der Waals surface area contributed by atoms with Crippen LogP contribution in [0.15, 0.2) is 23.1 Å². The van der Waals surface area contributed by atoms with Crippen molar-refractivity contribution < 1.29 is 16.8 Å². The van der Waals surface area contributed by atoms with Gasteiger partial charge in [-0.3, -0.25) is 0 Å². The van der Waals surface area contributed by atoms with E-state index in [2.05, 4.69) is 4.72 Å². The van der Waals surface area contributed by atoms with Crippen LogP contribution in [0.25, 0.3) is 0 Å². The van der Waals surface area contributed by atoms with Crippen molar-refractivity contribution in [3.05, 3.63) is 28.8 Å². The predicted octanol–water partition coefficient (Wildman–Crippen LogP) is 0.925. The van der Waals surface area contributed by atoms with Gasteiger partial charge in [0.25, 0.3) is 0 Å². The maximum atomic E-state index is 12.0. The summed E-state index contributed by atoms with van der Waals surface area (Å²) < 4.78 is 48.6. The van der Waals surface area contributed by atoms with Crippen LogP contribution in [0.1, 0.15) is 12.5 Å². The lowest BCUT2D eigenvalue weighted by atomic mass is 10.2. The van der Waals surface area contributed by atoms with Gasteiger partial charge >= 0.3 is 0 Å². The van der Waals surface area contributed by atoms with Gasteiger partial charge in [0.2, 0.25) is 10.0 Å². The van der Waals surface area contributed by atoms with Crippen molar-refractivity contribution in [3.8, 4) is 6.07 Å². The van der Waals surface area contributed by atoms with E-state index in [1.165, 1.54) is 25.1 Å². The van der Waals surface area contributed by atoms with Crippen molar-refractivity contribution in [1.29, 1.82) is 5.26 Å². The zero-order valence-electron chi connectivity index (χ0n) is 10.6. The number of sulfonamides is 1. The highest BCUT2D eigenvalue weighted by molar-refractivity contribution is 7.91. The lowest BCUT2D eigenvalue weighted by Crippen LogP contribution is -2.29. The van der Waals surface area contributed by atoms with Gasteiger partial charge in [-0.2, -0.15) is 5.26 Å². The molecule has 6 nitrogen and oxygen atoms in total. The van der Waals surface area contributed by atoms with E-state index in [1.54, 1.807) is 0 Å². The molecule has 0 aliphatic rings. The van der Waals surface area contributed by atoms with Gasteiger partial charge in [-0.1, -0.05) is 18.5 Å². The minimum absolute atomic E-state index is 0.0493. The summed E-state index contributed by atoms with van der Waals surface area (Å²) in [5.74, 6) is -0.330. The molecule has 0 saturated carbocycles. The average molecular weight is 337 g/mol. The molecule has 0 heterocycles. The number of nitrogens with one attached hydrogen (secondary N) is 1. The van der Waals surface area contributed by atoms with E-state index in [1.807, 2.05) is 6.07 Å². The summed E-state index contributed by atoms with van der Waals surface area (Å²) in [5.41, 5.74) is 0.238. The van der Waals surface area contributed by atoms with Crippen LogP contribution in [0.5, 0.6) is 0 Å². The molecule has 0 atom stereocenters. The second-order valence-corrected chi connectivity index (χ2v) is 8.51. The molecular weight excluding hydrogens is 324 g/mol. The lowest BCUT2D eigenvalue weighted by Gasteiger charge is -2.08. The predicted molar refractivity (Wildman–Crippen MR) is 75.7 cm³/mol. The normalized spacial score (nSPS) is 12.1. The molecule has 0 aliphatic heterocycles. The monoisotopic (exact) mass is 336 g/mol. The fourth-order valence-corrected chi connectivity index (χ4v) is 3.75. The van der Waals surface area contributed by atoms with Crippen molar-refractivity contribution in [1.82, 2.24) is 4.72 Å². The van der Waals surface area contributed by atoms with Crippen LogP contribution in [0, 0.1) is 11.3 Å². The summed E-state index contributed by atoms with van der Waals surface area (Å²) in [6.07, 6.45) is 0. The summed E-state index contributed by atoms with van der Waals surface area (Å²) >= 11 is 5.80. The summed E-state index contributed by atoms with van der Waals surface area (Å²) in [6.45, 7) is 1.26. The van der Waals surface area contributed by atoms with Crippen LogP contribution in [0.3, 0.4) is 0 Å². The molecule has 1 aromatic carbocycles. The second-order valence-electron chi connectivity index (χ2n) is 3.89. The van der Waals surface area contributed by atoms with E-state index in [0.717, 1.165) is 0 Å². The number of hydrogen-bond acceptors (Lipinski definition) is 5. The Morgan fingerprint density at radius 1 is 1.30 bits per heavy atom. The van der Waals surface area contributed by atoms with E-state index in [-0.39, 0.29) is 33.5 Å². The summed E-state index contributed by atoms with van der Waals surface area (Å²) in [7, 11) is -7.15. The van der Waals surface area contributed by atoms with E-state index >= 15 is 0 Å². The van der Waals surface area contributed by atoms with Gasteiger partial charge in [-0.25, -0.2) is 21.6 Å². The minimum atomic E-state index is -3.90. The molecule has 0 saturated heterocycles. The van der Waals surface area contributed by atoms with E-state index in [0.29, 0.717) is 0 Å². The fraction of sp³-hybridized carbons (Fsp3) is 0.364. The first-order valence-corrected chi connectivity index (χ1v) is 9.30. The van der Waals surface area contributed by atoms with Crippen molar-refractivity contribution in [2.24, 2.45) is 0 Å². The maximum absolute atomic E-state index is 12.0. The highest BCUT2D eigenvalue weighted by atomic mass is 35.5. The van der Waals surface area contributed by atoms with Crippen molar-refractivity contribution in [2.75, 3.05) is 18.1 Å². The van der Waals surface area contributed by atoms with Crippen molar-refractivity contribution in [3.63, 3.8) is 0 Å². The molecule has 0 unspecified atom stereocenters. The summed E-state index contributed by atoms with van der Waals surface area (Å²) in [6, 6.07) is 5.60. The number of nitrogens with zero attached hydrogens (tertiary/aromatic N) is 1. The van der Waals surface area contributed by atoms with Gasteiger partial charge in [-0.05, 0) is 18.2 Å². The molecule has 1 N–H and O–H groups in total. The number of nitriles is 1. The van der Waals surface area contributed by atoms with Crippen LogP contribution in [0.4, 0.5) is 0 Å². The Morgan fingerprint density at radius 2 is 1.95 bits per heavy atom. The highest BCUT2D eigenvalue weighted by Crippen LogP contribution is 2.22. The zero-order chi connectivity index (χ0) is 15.4. The third-order valence-electron chi connectivity index (χ3n) is 2.50. The van der Waals surface area contributed by atoms with Crippen molar-refractivity contribution in [2.45, 2.75) is 11.8 Å². The Kier molecular flexibility index (Phi) is 5.53. The SMILES string of the molecule is CCS(=O)(=O)CCNS(=O)(=O)c1ccc(C#N)cc1Cl. The first kappa shape index (κ1) is 16.9. The smallest absolute Gasteiger partial charge is 0.229 e. The van der Waals surface area contributed by atoms with Crippen molar-refractivity contribution >= 4 is 31.5 Å². The molecule has 20 heavy (non-hydrogen) atoms. The maximum Gasteiger partial charge on any atom is 0.242 e. The first-order chi connectivity index (χ1) is 9.22. The number of sulfone groups is 1. The highest BCUT2D eigenvalue weighted by Gasteiger charge is 2.19. The van der Waals surface area contributed by atoms with E-state index in [9.17, 15) is 16.8 Å². The van der Waals surface area contributed by atoms with Crippen LogP contribution in [-0.2, 0) is 19.9 Å². The van der Waals surface area contributed by atoms with Gasteiger partial charge in [0.15, 0.2) is 9.84 Å². The second kappa shape index (κ2) is 6.54. The molecular formula is C11H13ClN2O4S2. The first-order valence-electron chi connectivity index (χ1n) is 5.61. The van der Waals surface area contributed by atoms with Gasteiger partial charge in [0, 0.05) is 12.3 Å². The molecule has 0 aromatic heterocycles. The quantitative estimate of drug-likeness (QED) is 0.832. The standard InChI is InChI=1S/C11H13ClN2O4S2/c1-2-19(15,16)6-5-14-20(17,18)11-4-3-9(8-13)7-10(11)12/h3-4,7,14H,2,5-6H2,1H3. The summed E-state index contributed by atoms with van der Waals surface area (Å²) in [5, 5.41) is 8.59. The van der Waals surface area contributed by atoms with Crippen LogP contribution in [0.2, 0.25) is 5.02 Å². The van der Waals surface area contributed by atoms with Crippen LogP contribution >= 0.6 is 11.6 Å². The summed E-state index contributed by atoms with van der Waals surface area (Å²) in [4.78, 5) is -0.188.